The molecule has 0 saturated carbocycles. The molecule has 7 heteroatoms. The lowest BCUT2D eigenvalue weighted by atomic mass is 10.0. The predicted octanol–water partition coefficient (Wildman–Crippen LogP) is 3.91. The minimum Gasteiger partial charge on any atom is -0.493 e. The summed E-state index contributed by atoms with van der Waals surface area (Å²) in [5.74, 6) is -0.533. The van der Waals surface area contributed by atoms with E-state index >= 15 is 0 Å². The standard InChI is InChI=1S/C19H17NO4S2/c1-2-24-15-8-7-12-5-3-4-6-13(12)14(15)11-16-18(23)20(19(25)26-16)10-9-17(21)22/h3-8,11H,2,9-10H2,1H3,(H,21,22)/b16-11-. The van der Waals surface area contributed by atoms with Crippen LogP contribution in [0.15, 0.2) is 41.3 Å². The third kappa shape index (κ3) is 3.73. The zero-order valence-electron chi connectivity index (χ0n) is 14.1. The summed E-state index contributed by atoms with van der Waals surface area (Å²) in [4.78, 5) is 25.2. The fraction of sp³-hybridized carbons (Fsp3) is 0.211. The molecular formula is C19H17NO4S2. The van der Waals surface area contributed by atoms with Crippen LogP contribution in [0.4, 0.5) is 0 Å². The molecule has 1 N–H and O–H groups in total. The Morgan fingerprint density at radius 1 is 1.31 bits per heavy atom. The number of carboxylic acid groups (broad SMARTS) is 1. The number of nitrogens with zero attached hydrogens (tertiary/aromatic N) is 1. The topological polar surface area (TPSA) is 66.8 Å². The quantitative estimate of drug-likeness (QED) is 0.599. The molecular weight excluding hydrogens is 370 g/mol. The van der Waals surface area contributed by atoms with Gasteiger partial charge in [-0.2, -0.15) is 0 Å². The Kier molecular flexibility index (Phi) is 5.58. The molecule has 2 aromatic carbocycles. The van der Waals surface area contributed by atoms with Crippen molar-refractivity contribution in [1.29, 1.82) is 0 Å². The Morgan fingerprint density at radius 3 is 2.81 bits per heavy atom. The minimum atomic E-state index is -0.962. The average Bonchev–Trinajstić information content (AvgIpc) is 2.88. The number of rotatable bonds is 6. The van der Waals surface area contributed by atoms with Crippen molar-refractivity contribution in [2.24, 2.45) is 0 Å². The zero-order valence-corrected chi connectivity index (χ0v) is 15.7. The molecule has 0 atom stereocenters. The van der Waals surface area contributed by atoms with Crippen LogP contribution in [0.5, 0.6) is 5.75 Å². The smallest absolute Gasteiger partial charge is 0.305 e. The van der Waals surface area contributed by atoms with E-state index in [1.165, 1.54) is 16.7 Å². The third-order valence-electron chi connectivity index (χ3n) is 3.93. The van der Waals surface area contributed by atoms with Gasteiger partial charge in [0.2, 0.25) is 0 Å². The van der Waals surface area contributed by atoms with Crippen molar-refractivity contribution in [2.45, 2.75) is 13.3 Å². The molecule has 3 rings (SSSR count). The normalized spacial score (nSPS) is 15.9. The summed E-state index contributed by atoms with van der Waals surface area (Å²) in [5, 5.41) is 10.9. The molecule has 1 aliphatic heterocycles. The second-order valence-electron chi connectivity index (χ2n) is 5.61. The molecule has 5 nitrogen and oxygen atoms in total. The summed E-state index contributed by atoms with van der Waals surface area (Å²) in [7, 11) is 0. The number of carbonyl (C=O) groups excluding carboxylic acids is 1. The van der Waals surface area contributed by atoms with Crippen LogP contribution in [0.1, 0.15) is 18.9 Å². The Hall–Kier alpha value is -2.38. The van der Waals surface area contributed by atoms with Gasteiger partial charge in [-0.1, -0.05) is 54.3 Å². The van der Waals surface area contributed by atoms with Crippen LogP contribution in [0.25, 0.3) is 16.8 Å². The molecule has 1 saturated heterocycles. The van der Waals surface area contributed by atoms with Gasteiger partial charge in [0.05, 0.1) is 17.9 Å². The van der Waals surface area contributed by atoms with Crippen LogP contribution in [-0.2, 0) is 9.59 Å². The molecule has 1 aliphatic rings. The van der Waals surface area contributed by atoms with Crippen molar-refractivity contribution in [3.63, 3.8) is 0 Å². The number of thioether (sulfide) groups is 1. The van der Waals surface area contributed by atoms with E-state index in [0.29, 0.717) is 21.6 Å². The third-order valence-corrected chi connectivity index (χ3v) is 5.31. The van der Waals surface area contributed by atoms with Gasteiger partial charge in [-0.3, -0.25) is 14.5 Å². The van der Waals surface area contributed by atoms with Crippen LogP contribution in [0.3, 0.4) is 0 Å². The van der Waals surface area contributed by atoms with Gasteiger partial charge >= 0.3 is 5.97 Å². The second kappa shape index (κ2) is 7.88. The van der Waals surface area contributed by atoms with Gasteiger partial charge in [0.15, 0.2) is 0 Å². The SMILES string of the molecule is CCOc1ccc2ccccc2c1/C=C1\SC(=S)N(CCC(=O)O)C1=O. The number of amides is 1. The molecule has 0 unspecified atom stereocenters. The first kappa shape index (κ1) is 18.4. The Morgan fingerprint density at radius 2 is 2.08 bits per heavy atom. The molecule has 2 aromatic rings. The van der Waals surface area contributed by atoms with Crippen LogP contribution >= 0.6 is 24.0 Å². The van der Waals surface area contributed by atoms with Crippen LogP contribution in [0.2, 0.25) is 0 Å². The van der Waals surface area contributed by atoms with Crippen molar-refractivity contribution in [3.8, 4) is 5.75 Å². The largest absolute Gasteiger partial charge is 0.493 e. The number of hydrogen-bond acceptors (Lipinski definition) is 5. The number of carbonyl (C=O) groups is 2. The maximum Gasteiger partial charge on any atom is 0.305 e. The molecule has 0 bridgehead atoms. The van der Waals surface area contributed by atoms with E-state index < -0.39 is 5.97 Å². The number of thiocarbonyl (C=S) groups is 1. The monoisotopic (exact) mass is 387 g/mol. The number of aliphatic carboxylic acids is 1. The van der Waals surface area contributed by atoms with E-state index in [1.807, 2.05) is 43.3 Å². The van der Waals surface area contributed by atoms with Crippen LogP contribution in [0, 0.1) is 0 Å². The number of carboxylic acids is 1. The lowest BCUT2D eigenvalue weighted by molar-refractivity contribution is -0.137. The summed E-state index contributed by atoms with van der Waals surface area (Å²) in [6, 6.07) is 11.7. The van der Waals surface area contributed by atoms with Crippen molar-refractivity contribution in [1.82, 2.24) is 4.90 Å². The molecule has 0 spiro atoms. The van der Waals surface area contributed by atoms with Gasteiger partial charge in [0.25, 0.3) is 5.91 Å². The lowest BCUT2D eigenvalue weighted by Gasteiger charge is -2.13. The van der Waals surface area contributed by atoms with E-state index in [4.69, 9.17) is 22.1 Å². The van der Waals surface area contributed by atoms with Gasteiger partial charge in [0.1, 0.15) is 10.1 Å². The predicted molar refractivity (Wildman–Crippen MR) is 107 cm³/mol. The van der Waals surface area contributed by atoms with Gasteiger partial charge < -0.3 is 9.84 Å². The van der Waals surface area contributed by atoms with Gasteiger partial charge in [0, 0.05) is 12.1 Å². The van der Waals surface area contributed by atoms with E-state index in [-0.39, 0.29) is 18.9 Å². The van der Waals surface area contributed by atoms with E-state index in [9.17, 15) is 9.59 Å². The van der Waals surface area contributed by atoms with Crippen molar-refractivity contribution in [2.75, 3.05) is 13.2 Å². The van der Waals surface area contributed by atoms with Crippen molar-refractivity contribution < 1.29 is 19.4 Å². The lowest BCUT2D eigenvalue weighted by Crippen LogP contribution is -2.30. The zero-order chi connectivity index (χ0) is 18.7. The number of fused-ring (bicyclic) bond motifs is 1. The highest BCUT2D eigenvalue weighted by atomic mass is 32.2. The van der Waals surface area contributed by atoms with Crippen LogP contribution < -0.4 is 4.74 Å². The summed E-state index contributed by atoms with van der Waals surface area (Å²) >= 11 is 6.43. The first-order valence-electron chi connectivity index (χ1n) is 8.13. The van der Waals surface area contributed by atoms with Crippen molar-refractivity contribution >= 4 is 57.0 Å². The molecule has 0 radical (unpaired) electrons. The van der Waals surface area contributed by atoms with Gasteiger partial charge in [-0.15, -0.1) is 0 Å². The molecule has 1 amide bonds. The summed E-state index contributed by atoms with van der Waals surface area (Å²) in [5.41, 5.74) is 0.823. The second-order valence-corrected chi connectivity index (χ2v) is 7.28. The maximum absolute atomic E-state index is 12.7. The van der Waals surface area contributed by atoms with Crippen molar-refractivity contribution in [3.05, 3.63) is 46.9 Å². The fourth-order valence-corrected chi connectivity index (χ4v) is 4.03. The molecule has 26 heavy (non-hydrogen) atoms. The van der Waals surface area contributed by atoms with Gasteiger partial charge in [-0.05, 0) is 29.8 Å². The highest BCUT2D eigenvalue weighted by Gasteiger charge is 2.32. The summed E-state index contributed by atoms with van der Waals surface area (Å²) < 4.78 is 6.11. The molecule has 134 valence electrons. The minimum absolute atomic E-state index is 0.0746. The highest BCUT2D eigenvalue weighted by molar-refractivity contribution is 8.26. The highest BCUT2D eigenvalue weighted by Crippen LogP contribution is 2.37. The van der Waals surface area contributed by atoms with Gasteiger partial charge in [-0.25, -0.2) is 0 Å². The fourth-order valence-electron chi connectivity index (χ4n) is 2.74. The van der Waals surface area contributed by atoms with E-state index in [0.717, 1.165) is 16.3 Å². The maximum atomic E-state index is 12.7. The number of ether oxygens (including phenoxy) is 1. The Balaban J connectivity index is 2.01. The van der Waals surface area contributed by atoms with Crippen LogP contribution in [-0.4, -0.2) is 39.4 Å². The Labute approximate surface area is 160 Å². The summed E-state index contributed by atoms with van der Waals surface area (Å²) in [6.45, 7) is 2.49. The molecule has 1 fully saturated rings. The molecule has 0 aliphatic carbocycles. The first-order chi connectivity index (χ1) is 12.5. The molecule has 0 aromatic heterocycles. The number of hydrogen-bond donors (Lipinski definition) is 1. The summed E-state index contributed by atoms with van der Waals surface area (Å²) in [6.07, 6.45) is 1.64. The molecule has 1 heterocycles. The average molecular weight is 387 g/mol. The van der Waals surface area contributed by atoms with E-state index in [2.05, 4.69) is 0 Å². The van der Waals surface area contributed by atoms with E-state index in [1.54, 1.807) is 6.08 Å². The first-order valence-corrected chi connectivity index (χ1v) is 9.35. The Bertz CT molecular complexity index is 923. The number of benzene rings is 2.